The van der Waals surface area contributed by atoms with E-state index in [1.54, 1.807) is 11.3 Å². The van der Waals surface area contributed by atoms with Gasteiger partial charge in [-0.05, 0) is 23.1 Å². The molecule has 2 rings (SSSR count). The molecule has 1 nitrogen and oxygen atoms in total. The fourth-order valence-electron chi connectivity index (χ4n) is 1.26. The minimum atomic E-state index is 0. The van der Waals surface area contributed by atoms with Gasteiger partial charge in [0, 0.05) is 21.7 Å². The highest BCUT2D eigenvalue weighted by Gasteiger charge is 2.04. The first-order chi connectivity index (χ1) is 5.83. The van der Waals surface area contributed by atoms with Crippen molar-refractivity contribution in [1.29, 1.82) is 0 Å². The maximum absolute atomic E-state index is 6.03. The van der Waals surface area contributed by atoms with E-state index >= 15 is 0 Å². The van der Waals surface area contributed by atoms with Crippen molar-refractivity contribution in [1.82, 2.24) is 0 Å². The van der Waals surface area contributed by atoms with Crippen LogP contribution in [-0.2, 0) is 6.54 Å². The minimum absolute atomic E-state index is 0. The molecule has 0 amide bonds. The molecule has 1 heterocycles. The van der Waals surface area contributed by atoms with Crippen LogP contribution in [0.3, 0.4) is 0 Å². The first kappa shape index (κ1) is 10.8. The monoisotopic (exact) mass is 233 g/mol. The summed E-state index contributed by atoms with van der Waals surface area (Å²) >= 11 is 7.72. The summed E-state index contributed by atoms with van der Waals surface area (Å²) in [6.45, 7) is 0.559. The highest BCUT2D eigenvalue weighted by atomic mass is 35.5. The first-order valence-electron chi connectivity index (χ1n) is 3.67. The Morgan fingerprint density at radius 2 is 2.15 bits per heavy atom. The predicted molar refractivity (Wildman–Crippen MR) is 62.0 cm³/mol. The van der Waals surface area contributed by atoms with Crippen LogP contribution in [-0.4, -0.2) is 0 Å². The van der Waals surface area contributed by atoms with Crippen molar-refractivity contribution < 1.29 is 0 Å². The summed E-state index contributed by atoms with van der Waals surface area (Å²) in [5, 5.41) is 3.98. The lowest BCUT2D eigenvalue weighted by Crippen LogP contribution is -1.94. The summed E-state index contributed by atoms with van der Waals surface area (Å²) in [6.07, 6.45) is 0. The van der Waals surface area contributed by atoms with Crippen LogP contribution < -0.4 is 5.73 Å². The van der Waals surface area contributed by atoms with Gasteiger partial charge < -0.3 is 5.73 Å². The molecule has 0 aliphatic rings. The number of rotatable bonds is 1. The Hall–Kier alpha value is -0.280. The topological polar surface area (TPSA) is 26.0 Å². The van der Waals surface area contributed by atoms with Gasteiger partial charge in [-0.25, -0.2) is 0 Å². The summed E-state index contributed by atoms with van der Waals surface area (Å²) in [6, 6.07) is 5.92. The van der Waals surface area contributed by atoms with E-state index in [0.717, 1.165) is 16.0 Å². The molecule has 1 aromatic heterocycles. The van der Waals surface area contributed by atoms with Gasteiger partial charge in [0.05, 0.1) is 0 Å². The fourth-order valence-corrected chi connectivity index (χ4v) is 2.61. The number of halogens is 2. The van der Waals surface area contributed by atoms with Crippen LogP contribution in [0.5, 0.6) is 0 Å². The standard InChI is InChI=1S/C9H8ClNS.ClH/c10-7-2-1-3-8-9(7)6(4-11)5-12-8;/h1-3,5H,4,11H2;1H. The zero-order chi connectivity index (χ0) is 8.55. The van der Waals surface area contributed by atoms with E-state index in [0.29, 0.717) is 6.54 Å². The van der Waals surface area contributed by atoms with Gasteiger partial charge in [0.15, 0.2) is 0 Å². The zero-order valence-electron chi connectivity index (χ0n) is 6.79. The molecule has 0 saturated heterocycles. The summed E-state index contributed by atoms with van der Waals surface area (Å²) < 4.78 is 1.21. The van der Waals surface area contributed by atoms with Crippen LogP contribution in [0.25, 0.3) is 10.1 Å². The van der Waals surface area contributed by atoms with E-state index in [2.05, 4.69) is 11.4 Å². The predicted octanol–water partition coefficient (Wildman–Crippen LogP) is 3.44. The lowest BCUT2D eigenvalue weighted by Gasteiger charge is -1.96. The molecule has 4 heteroatoms. The van der Waals surface area contributed by atoms with Crippen LogP contribution in [0, 0.1) is 0 Å². The molecule has 2 N–H and O–H groups in total. The molecule has 0 aliphatic carbocycles. The van der Waals surface area contributed by atoms with Gasteiger partial charge in [0.2, 0.25) is 0 Å². The molecular weight excluding hydrogens is 225 g/mol. The number of nitrogens with two attached hydrogens (primary N) is 1. The fraction of sp³-hybridized carbons (Fsp3) is 0.111. The smallest absolute Gasteiger partial charge is 0.0496 e. The summed E-state index contributed by atoms with van der Waals surface area (Å²) in [7, 11) is 0. The Kier molecular flexibility index (Phi) is 3.56. The molecule has 13 heavy (non-hydrogen) atoms. The van der Waals surface area contributed by atoms with Crippen molar-refractivity contribution >= 4 is 45.4 Å². The Bertz CT molecular complexity index is 411. The lowest BCUT2D eigenvalue weighted by atomic mass is 10.2. The number of fused-ring (bicyclic) bond motifs is 1. The third-order valence-corrected chi connectivity index (χ3v) is 3.16. The average molecular weight is 234 g/mol. The van der Waals surface area contributed by atoms with E-state index < -0.39 is 0 Å². The van der Waals surface area contributed by atoms with E-state index in [1.165, 1.54) is 4.70 Å². The second kappa shape index (κ2) is 4.29. The molecule has 1 aromatic carbocycles. The molecule has 0 saturated carbocycles. The van der Waals surface area contributed by atoms with Gasteiger partial charge >= 0.3 is 0 Å². The summed E-state index contributed by atoms with van der Waals surface area (Å²) in [5.41, 5.74) is 6.72. The zero-order valence-corrected chi connectivity index (χ0v) is 9.18. The Morgan fingerprint density at radius 3 is 2.85 bits per heavy atom. The minimum Gasteiger partial charge on any atom is -0.326 e. The average Bonchev–Trinajstić information content (AvgIpc) is 2.49. The van der Waals surface area contributed by atoms with Crippen molar-refractivity contribution in [2.45, 2.75) is 6.54 Å². The van der Waals surface area contributed by atoms with Crippen molar-refractivity contribution in [2.75, 3.05) is 0 Å². The van der Waals surface area contributed by atoms with Crippen molar-refractivity contribution in [3.8, 4) is 0 Å². The molecule has 2 aromatic rings. The summed E-state index contributed by atoms with van der Waals surface area (Å²) in [5.74, 6) is 0. The Balaban J connectivity index is 0.000000845. The third-order valence-electron chi connectivity index (χ3n) is 1.84. The van der Waals surface area contributed by atoms with Gasteiger partial charge in [0.25, 0.3) is 0 Å². The number of hydrogen-bond donors (Lipinski definition) is 1. The van der Waals surface area contributed by atoms with Gasteiger partial charge in [-0.1, -0.05) is 17.7 Å². The normalized spacial score (nSPS) is 10.0. The van der Waals surface area contributed by atoms with Crippen LogP contribution in [0.1, 0.15) is 5.56 Å². The highest BCUT2D eigenvalue weighted by Crippen LogP contribution is 2.31. The van der Waals surface area contributed by atoms with Crippen LogP contribution in [0.2, 0.25) is 5.02 Å². The van der Waals surface area contributed by atoms with E-state index in [-0.39, 0.29) is 12.4 Å². The maximum atomic E-state index is 6.03. The maximum Gasteiger partial charge on any atom is 0.0496 e. The lowest BCUT2D eigenvalue weighted by molar-refractivity contribution is 1.09. The Morgan fingerprint density at radius 1 is 1.38 bits per heavy atom. The van der Waals surface area contributed by atoms with Gasteiger partial charge in [-0.3, -0.25) is 0 Å². The highest BCUT2D eigenvalue weighted by molar-refractivity contribution is 7.17. The molecular formula is C9H9Cl2NS. The van der Waals surface area contributed by atoms with Gasteiger partial charge in [-0.15, -0.1) is 23.7 Å². The second-order valence-corrected chi connectivity index (χ2v) is 3.90. The largest absolute Gasteiger partial charge is 0.326 e. The van der Waals surface area contributed by atoms with Gasteiger partial charge in [0.1, 0.15) is 0 Å². The van der Waals surface area contributed by atoms with Crippen molar-refractivity contribution in [3.05, 3.63) is 34.2 Å². The van der Waals surface area contributed by atoms with E-state index in [4.69, 9.17) is 17.3 Å². The molecule has 70 valence electrons. The molecule has 0 spiro atoms. The summed E-state index contributed by atoms with van der Waals surface area (Å²) in [4.78, 5) is 0. The van der Waals surface area contributed by atoms with E-state index in [9.17, 15) is 0 Å². The van der Waals surface area contributed by atoms with Crippen molar-refractivity contribution in [3.63, 3.8) is 0 Å². The number of thiophene rings is 1. The Labute approximate surface area is 91.9 Å². The van der Waals surface area contributed by atoms with Crippen molar-refractivity contribution in [2.24, 2.45) is 5.73 Å². The van der Waals surface area contributed by atoms with Crippen LogP contribution >= 0.6 is 35.3 Å². The SMILES string of the molecule is Cl.NCc1csc2cccc(Cl)c12. The number of hydrogen-bond acceptors (Lipinski definition) is 2. The molecule has 0 bridgehead atoms. The quantitative estimate of drug-likeness (QED) is 0.803. The van der Waals surface area contributed by atoms with Gasteiger partial charge in [-0.2, -0.15) is 0 Å². The molecule has 0 fully saturated rings. The number of benzene rings is 1. The molecule has 0 atom stereocenters. The molecule has 0 aliphatic heterocycles. The van der Waals surface area contributed by atoms with Crippen LogP contribution in [0.4, 0.5) is 0 Å². The first-order valence-corrected chi connectivity index (χ1v) is 4.93. The van der Waals surface area contributed by atoms with Crippen LogP contribution in [0.15, 0.2) is 23.6 Å². The van der Waals surface area contributed by atoms with E-state index in [1.807, 2.05) is 12.1 Å². The second-order valence-electron chi connectivity index (χ2n) is 2.58. The molecule has 0 unspecified atom stereocenters. The molecule has 0 radical (unpaired) electrons. The third kappa shape index (κ3) is 1.81.